The van der Waals surface area contributed by atoms with Crippen molar-refractivity contribution in [2.24, 2.45) is 0 Å². The average Bonchev–Trinajstić information content (AvgIpc) is 2.49. The van der Waals surface area contributed by atoms with Gasteiger partial charge in [-0.25, -0.2) is 4.39 Å². The third-order valence-corrected chi connectivity index (χ3v) is 4.27. The van der Waals surface area contributed by atoms with Gasteiger partial charge in [-0.05, 0) is 49.7 Å². The molecule has 0 radical (unpaired) electrons. The molecule has 21 heavy (non-hydrogen) atoms. The first kappa shape index (κ1) is 16.5. The zero-order valence-electron chi connectivity index (χ0n) is 12.1. The minimum atomic E-state index is -0.425. The van der Waals surface area contributed by atoms with E-state index in [1.165, 1.54) is 51.0 Å². The summed E-state index contributed by atoms with van der Waals surface area (Å²) in [5.74, 6) is -0.425. The monoisotopic (exact) mass is 330 g/mol. The summed E-state index contributed by atoms with van der Waals surface area (Å²) in [6.45, 7) is 4.65. The van der Waals surface area contributed by atoms with Crippen molar-refractivity contribution in [3.63, 3.8) is 0 Å². The lowest BCUT2D eigenvalue weighted by Gasteiger charge is -2.23. The third kappa shape index (κ3) is 5.77. The van der Waals surface area contributed by atoms with Crippen LogP contribution in [0.2, 0.25) is 5.02 Å². The van der Waals surface area contributed by atoms with Gasteiger partial charge in [0.1, 0.15) is 5.82 Å². The minimum Gasteiger partial charge on any atom is -0.362 e. The standard InChI is InChI=1S/C15H21ClFN3S/c16-13-11-12(5-6-14(13)17)19-15(21)18-7-4-10-20-8-2-1-3-9-20/h5-6,11H,1-4,7-10H2,(H2,18,19,21)/p+1. The number of benzene rings is 1. The molecule has 2 rings (SSSR count). The second-order valence-electron chi connectivity index (χ2n) is 5.42. The van der Waals surface area contributed by atoms with Crippen LogP contribution in [0.3, 0.4) is 0 Å². The Bertz CT molecular complexity index is 478. The first-order valence-corrected chi connectivity index (χ1v) is 8.27. The molecule has 3 nitrogen and oxygen atoms in total. The van der Waals surface area contributed by atoms with Crippen molar-refractivity contribution in [1.29, 1.82) is 0 Å². The van der Waals surface area contributed by atoms with Crippen LogP contribution in [0.4, 0.5) is 10.1 Å². The highest BCUT2D eigenvalue weighted by atomic mass is 35.5. The summed E-state index contributed by atoms with van der Waals surface area (Å²) in [5.41, 5.74) is 0.695. The van der Waals surface area contributed by atoms with E-state index in [0.29, 0.717) is 10.8 Å². The molecular formula is C15H22ClFN3S+. The van der Waals surface area contributed by atoms with Crippen LogP contribution in [0.5, 0.6) is 0 Å². The molecule has 0 saturated carbocycles. The van der Waals surface area contributed by atoms with Gasteiger partial charge in [0.05, 0.1) is 24.7 Å². The fourth-order valence-corrected chi connectivity index (χ4v) is 2.99. The van der Waals surface area contributed by atoms with Gasteiger partial charge in [-0.1, -0.05) is 11.6 Å². The maximum absolute atomic E-state index is 13.1. The second-order valence-corrected chi connectivity index (χ2v) is 6.24. The van der Waals surface area contributed by atoms with Crippen LogP contribution < -0.4 is 15.5 Å². The Morgan fingerprint density at radius 1 is 1.29 bits per heavy atom. The van der Waals surface area contributed by atoms with Crippen LogP contribution >= 0.6 is 23.8 Å². The van der Waals surface area contributed by atoms with Gasteiger partial charge in [0, 0.05) is 18.7 Å². The molecule has 1 heterocycles. The maximum atomic E-state index is 13.1. The van der Waals surface area contributed by atoms with Gasteiger partial charge >= 0.3 is 0 Å². The summed E-state index contributed by atoms with van der Waals surface area (Å²) < 4.78 is 13.1. The van der Waals surface area contributed by atoms with E-state index in [2.05, 4.69) is 10.6 Å². The number of quaternary nitrogens is 1. The van der Waals surface area contributed by atoms with E-state index in [-0.39, 0.29) is 5.02 Å². The Morgan fingerprint density at radius 2 is 2.05 bits per heavy atom. The number of hydrogen-bond donors (Lipinski definition) is 3. The highest BCUT2D eigenvalue weighted by Crippen LogP contribution is 2.19. The Kier molecular flexibility index (Phi) is 6.67. The molecule has 0 spiro atoms. The molecule has 1 aromatic rings. The molecule has 0 unspecified atom stereocenters. The Morgan fingerprint density at radius 3 is 2.76 bits per heavy atom. The number of likely N-dealkylation sites (tertiary alicyclic amines) is 1. The van der Waals surface area contributed by atoms with E-state index in [4.69, 9.17) is 23.8 Å². The van der Waals surface area contributed by atoms with Crippen molar-refractivity contribution in [3.8, 4) is 0 Å². The van der Waals surface area contributed by atoms with Gasteiger partial charge < -0.3 is 15.5 Å². The SMILES string of the molecule is Fc1ccc(NC(=S)NCCC[NH+]2CCCCC2)cc1Cl. The second kappa shape index (κ2) is 8.51. The fraction of sp³-hybridized carbons (Fsp3) is 0.533. The number of hydrogen-bond acceptors (Lipinski definition) is 1. The fourth-order valence-electron chi connectivity index (χ4n) is 2.59. The van der Waals surface area contributed by atoms with Crippen molar-refractivity contribution in [2.75, 3.05) is 31.5 Å². The molecule has 0 atom stereocenters. The number of piperidine rings is 1. The van der Waals surface area contributed by atoms with E-state index in [1.807, 2.05) is 0 Å². The topological polar surface area (TPSA) is 28.5 Å². The van der Waals surface area contributed by atoms with Crippen LogP contribution in [0.1, 0.15) is 25.7 Å². The maximum Gasteiger partial charge on any atom is 0.170 e. The molecule has 1 aromatic carbocycles. The van der Waals surface area contributed by atoms with Crippen LogP contribution in [-0.2, 0) is 0 Å². The summed E-state index contributed by atoms with van der Waals surface area (Å²) in [4.78, 5) is 1.70. The quantitative estimate of drug-likeness (QED) is 0.571. The van der Waals surface area contributed by atoms with Crippen LogP contribution in [0.25, 0.3) is 0 Å². The Balaban J connectivity index is 1.63. The minimum absolute atomic E-state index is 0.0940. The Hall–Kier alpha value is -0.910. The van der Waals surface area contributed by atoms with Crippen LogP contribution in [0, 0.1) is 5.82 Å². The highest BCUT2D eigenvalue weighted by Gasteiger charge is 2.12. The Labute approximate surface area is 135 Å². The van der Waals surface area contributed by atoms with E-state index >= 15 is 0 Å². The predicted molar refractivity (Wildman–Crippen MR) is 89.7 cm³/mol. The molecule has 0 aromatic heterocycles. The lowest BCUT2D eigenvalue weighted by Crippen LogP contribution is -3.12. The van der Waals surface area contributed by atoms with Crippen LogP contribution in [0.15, 0.2) is 18.2 Å². The van der Waals surface area contributed by atoms with E-state index < -0.39 is 5.82 Å². The van der Waals surface area contributed by atoms with Crippen molar-refractivity contribution in [1.82, 2.24) is 5.32 Å². The molecule has 6 heteroatoms. The molecule has 0 amide bonds. The first-order valence-electron chi connectivity index (χ1n) is 7.48. The number of rotatable bonds is 5. The number of anilines is 1. The summed E-state index contributed by atoms with van der Waals surface area (Å²) in [7, 11) is 0. The average molecular weight is 331 g/mol. The zero-order chi connectivity index (χ0) is 15.1. The highest BCUT2D eigenvalue weighted by molar-refractivity contribution is 7.80. The normalized spacial score (nSPS) is 15.7. The molecule has 1 fully saturated rings. The molecule has 1 aliphatic heterocycles. The third-order valence-electron chi connectivity index (χ3n) is 3.73. The van der Waals surface area contributed by atoms with Crippen molar-refractivity contribution >= 4 is 34.6 Å². The molecule has 116 valence electrons. The molecule has 1 aliphatic rings. The lowest BCUT2D eigenvalue weighted by molar-refractivity contribution is -0.904. The zero-order valence-corrected chi connectivity index (χ0v) is 13.6. The van der Waals surface area contributed by atoms with E-state index in [0.717, 1.165) is 13.0 Å². The molecular weight excluding hydrogens is 309 g/mol. The molecule has 0 aliphatic carbocycles. The number of thiocarbonyl (C=S) groups is 1. The summed E-state index contributed by atoms with van der Waals surface area (Å²) in [5, 5.41) is 6.83. The molecule has 1 saturated heterocycles. The van der Waals surface area contributed by atoms with Crippen molar-refractivity contribution < 1.29 is 9.29 Å². The number of nitrogens with one attached hydrogen (secondary N) is 3. The van der Waals surface area contributed by atoms with Gasteiger partial charge in [-0.3, -0.25) is 0 Å². The molecule has 0 bridgehead atoms. The van der Waals surface area contributed by atoms with Crippen molar-refractivity contribution in [3.05, 3.63) is 29.0 Å². The summed E-state index contributed by atoms with van der Waals surface area (Å²) in [6, 6.07) is 4.48. The molecule has 3 N–H and O–H groups in total. The van der Waals surface area contributed by atoms with Crippen molar-refractivity contribution in [2.45, 2.75) is 25.7 Å². The van der Waals surface area contributed by atoms with Gasteiger partial charge in [0.15, 0.2) is 5.11 Å². The smallest absolute Gasteiger partial charge is 0.170 e. The van der Waals surface area contributed by atoms with Gasteiger partial charge in [0.2, 0.25) is 0 Å². The lowest BCUT2D eigenvalue weighted by atomic mass is 10.1. The van der Waals surface area contributed by atoms with E-state index in [1.54, 1.807) is 11.0 Å². The van der Waals surface area contributed by atoms with Gasteiger partial charge in [-0.15, -0.1) is 0 Å². The van der Waals surface area contributed by atoms with Gasteiger partial charge in [-0.2, -0.15) is 0 Å². The van der Waals surface area contributed by atoms with Crippen LogP contribution in [-0.4, -0.2) is 31.3 Å². The largest absolute Gasteiger partial charge is 0.362 e. The number of halogens is 2. The summed E-state index contributed by atoms with van der Waals surface area (Å²) >= 11 is 10.9. The summed E-state index contributed by atoms with van der Waals surface area (Å²) in [6.07, 6.45) is 5.19. The predicted octanol–water partition coefficient (Wildman–Crippen LogP) is 2.22. The first-order chi connectivity index (χ1) is 10.1. The van der Waals surface area contributed by atoms with E-state index in [9.17, 15) is 4.39 Å². The van der Waals surface area contributed by atoms with Gasteiger partial charge in [0.25, 0.3) is 0 Å².